The minimum absolute atomic E-state index is 0.104. The van der Waals surface area contributed by atoms with Crippen molar-refractivity contribution in [3.63, 3.8) is 0 Å². The van der Waals surface area contributed by atoms with Crippen LogP contribution in [0, 0.1) is 6.67 Å². The molecule has 0 spiro atoms. The molecule has 4 rings (SSSR count). The molecule has 3 aromatic rings. The van der Waals surface area contributed by atoms with Crippen LogP contribution in [-0.2, 0) is 4.74 Å². The van der Waals surface area contributed by atoms with Crippen LogP contribution in [0.5, 0.6) is 0 Å². The summed E-state index contributed by atoms with van der Waals surface area (Å²) in [6.45, 7) is 21.8. The Bertz CT molecular complexity index is 1240. The number of methoxy groups -OCH3 is 1. The number of ether oxygens (including phenoxy) is 1. The van der Waals surface area contributed by atoms with Crippen molar-refractivity contribution in [2.24, 2.45) is 0 Å². The van der Waals surface area contributed by atoms with Crippen LogP contribution in [0.1, 0.15) is 112 Å². The molecule has 0 N–H and O–H groups in total. The maximum Gasteiger partial charge on any atom is 0.571 e. The molecule has 4 nitrogen and oxygen atoms in total. The van der Waals surface area contributed by atoms with E-state index in [0.717, 1.165) is 0 Å². The highest BCUT2D eigenvalue weighted by Crippen LogP contribution is 2.42. The number of para-hydroxylation sites is 2. The Labute approximate surface area is 251 Å². The van der Waals surface area contributed by atoms with Crippen molar-refractivity contribution in [1.82, 2.24) is 0 Å². The number of nitrogens with zero attached hydrogens (tertiary/aromatic N) is 2. The Morgan fingerprint density at radius 2 is 1.02 bits per heavy atom. The highest BCUT2D eigenvalue weighted by Gasteiger charge is 2.27. The van der Waals surface area contributed by atoms with E-state index in [0.29, 0.717) is 23.7 Å². The van der Waals surface area contributed by atoms with Gasteiger partial charge >= 0.3 is 13.2 Å². The van der Waals surface area contributed by atoms with E-state index in [9.17, 15) is 13.4 Å². The van der Waals surface area contributed by atoms with E-state index in [-0.39, 0.29) is 11.0 Å². The van der Waals surface area contributed by atoms with Crippen LogP contribution in [0.3, 0.4) is 0 Å². The standard InChI is InChI=1S/C27H36N2.C8H7BF2O2/c1-18(2)22-11-9-12-23(19(3)4)26(22)28-15-16-29(17-28)27-24(20(5)6)13-10-14-25(27)21(7)8;1-13-8(12)6-2-4-7(5-3-6)9(10)11/h9-16,18-21H,1-8H3;2-5H,1H3. The summed E-state index contributed by atoms with van der Waals surface area (Å²) in [7, 11) is -1.27. The van der Waals surface area contributed by atoms with E-state index < -0.39 is 13.2 Å². The predicted molar refractivity (Wildman–Crippen MR) is 172 cm³/mol. The monoisotopic (exact) mass is 572 g/mol. The van der Waals surface area contributed by atoms with Gasteiger partial charge in [-0.3, -0.25) is 8.63 Å². The van der Waals surface area contributed by atoms with Gasteiger partial charge in [-0.1, -0.05) is 104 Å². The number of halogens is 2. The molecule has 7 heteroatoms. The van der Waals surface area contributed by atoms with Gasteiger partial charge in [0.2, 0.25) is 6.67 Å². The Morgan fingerprint density at radius 1 is 0.667 bits per heavy atom. The molecule has 0 amide bonds. The second-order valence-electron chi connectivity index (χ2n) is 11.7. The van der Waals surface area contributed by atoms with E-state index in [1.54, 1.807) is 0 Å². The molecule has 0 bridgehead atoms. The largest absolute Gasteiger partial charge is 0.571 e. The molecule has 1 aliphatic rings. The van der Waals surface area contributed by atoms with Gasteiger partial charge in [0.05, 0.1) is 24.0 Å². The van der Waals surface area contributed by atoms with Gasteiger partial charge in [-0.25, -0.2) is 4.79 Å². The van der Waals surface area contributed by atoms with Crippen LogP contribution in [0.15, 0.2) is 73.1 Å². The number of hydrogen-bond acceptors (Lipinski definition) is 4. The average molecular weight is 573 g/mol. The Balaban J connectivity index is 0.000000312. The first kappa shape index (κ1) is 32.9. The van der Waals surface area contributed by atoms with Gasteiger partial charge in [0.25, 0.3) is 0 Å². The molecule has 2 radical (unpaired) electrons. The zero-order chi connectivity index (χ0) is 31.1. The fourth-order valence-corrected chi connectivity index (χ4v) is 5.03. The number of carbonyl (C=O) groups is 1. The number of anilines is 2. The fraction of sp³-hybridized carbons (Fsp3) is 0.371. The molecule has 3 aromatic carbocycles. The van der Waals surface area contributed by atoms with Crippen LogP contribution < -0.4 is 15.3 Å². The lowest BCUT2D eigenvalue weighted by atomic mass is 9.86. The molecule has 0 aliphatic carbocycles. The molecule has 1 heterocycles. The third kappa shape index (κ3) is 7.61. The number of rotatable bonds is 8. The Kier molecular flexibility index (Phi) is 11.4. The molecular weight excluding hydrogens is 529 g/mol. The Hall–Kier alpha value is -3.61. The SMILES string of the molecule is CC(C)c1cccc(C(C)C)c1N1[C]N(c2c(C(C)C)cccc2C(C)C)C=C1.COC(=O)c1ccc(B(F)F)cc1. The van der Waals surface area contributed by atoms with Gasteiger partial charge in [-0.05, 0) is 63.5 Å². The normalized spacial score (nSPS) is 12.8. The van der Waals surface area contributed by atoms with Crippen molar-refractivity contribution in [3.8, 4) is 0 Å². The molecule has 222 valence electrons. The van der Waals surface area contributed by atoms with Crippen LogP contribution in [0.4, 0.5) is 20.0 Å². The van der Waals surface area contributed by atoms with Crippen molar-refractivity contribution < 1.29 is 18.2 Å². The summed E-state index contributed by atoms with van der Waals surface area (Å²) in [5.74, 6) is 1.31. The van der Waals surface area contributed by atoms with Gasteiger partial charge in [-0.15, -0.1) is 0 Å². The van der Waals surface area contributed by atoms with Gasteiger partial charge < -0.3 is 14.5 Å². The van der Waals surface area contributed by atoms with Crippen LogP contribution in [0.2, 0.25) is 0 Å². The molecule has 0 aromatic heterocycles. The topological polar surface area (TPSA) is 32.8 Å². The van der Waals surface area contributed by atoms with Gasteiger partial charge in [0, 0.05) is 12.4 Å². The fourth-order valence-electron chi connectivity index (χ4n) is 5.03. The maximum atomic E-state index is 12.1. The van der Waals surface area contributed by atoms with E-state index >= 15 is 0 Å². The lowest BCUT2D eigenvalue weighted by Gasteiger charge is -2.29. The number of benzene rings is 3. The lowest BCUT2D eigenvalue weighted by molar-refractivity contribution is 0.0600. The third-order valence-electron chi connectivity index (χ3n) is 7.33. The Morgan fingerprint density at radius 3 is 1.31 bits per heavy atom. The number of hydrogen-bond donors (Lipinski definition) is 0. The number of esters is 1. The van der Waals surface area contributed by atoms with Crippen molar-refractivity contribution >= 4 is 30.1 Å². The maximum absolute atomic E-state index is 12.1. The summed E-state index contributed by atoms with van der Waals surface area (Å²) in [6, 6.07) is 18.4. The lowest BCUT2D eigenvalue weighted by Crippen LogP contribution is -2.23. The molecule has 42 heavy (non-hydrogen) atoms. The summed E-state index contributed by atoms with van der Waals surface area (Å²) in [5.41, 5.74) is 8.22. The first-order valence-electron chi connectivity index (χ1n) is 14.6. The highest BCUT2D eigenvalue weighted by atomic mass is 19.2. The zero-order valence-corrected chi connectivity index (χ0v) is 26.3. The molecule has 0 fully saturated rings. The first-order valence-corrected chi connectivity index (χ1v) is 14.6. The summed E-state index contributed by atoms with van der Waals surface area (Å²) in [4.78, 5) is 15.3. The van der Waals surface area contributed by atoms with Gasteiger partial charge in [-0.2, -0.15) is 0 Å². The van der Waals surface area contributed by atoms with Crippen LogP contribution in [-0.4, -0.2) is 20.3 Å². The minimum atomic E-state index is -2.51. The quantitative estimate of drug-likeness (QED) is 0.199. The van der Waals surface area contributed by atoms with E-state index in [1.165, 1.54) is 65.0 Å². The minimum Gasteiger partial charge on any atom is -0.465 e. The van der Waals surface area contributed by atoms with Crippen molar-refractivity contribution in [2.75, 3.05) is 16.9 Å². The second kappa shape index (κ2) is 14.5. The zero-order valence-electron chi connectivity index (χ0n) is 26.3. The smallest absolute Gasteiger partial charge is 0.465 e. The van der Waals surface area contributed by atoms with Crippen molar-refractivity contribution in [3.05, 3.63) is 108 Å². The van der Waals surface area contributed by atoms with Crippen LogP contribution in [0.25, 0.3) is 0 Å². The first-order chi connectivity index (χ1) is 19.9. The number of carbonyl (C=O) groups excluding carboxylic acids is 1. The molecule has 0 atom stereocenters. The van der Waals surface area contributed by atoms with Crippen molar-refractivity contribution in [2.45, 2.75) is 79.1 Å². The molecule has 1 aliphatic heterocycles. The molecule has 0 unspecified atom stereocenters. The molecular formula is C35H43BF2N2O2. The average Bonchev–Trinajstić information content (AvgIpc) is 3.45. The van der Waals surface area contributed by atoms with Gasteiger partial charge in [0.15, 0.2) is 0 Å². The molecule has 0 saturated carbocycles. The molecule has 0 saturated heterocycles. The second-order valence-corrected chi connectivity index (χ2v) is 11.7. The predicted octanol–water partition coefficient (Wildman–Crippen LogP) is 9.08. The summed E-state index contributed by atoms with van der Waals surface area (Å²) in [5, 5.41) is 0. The van der Waals surface area contributed by atoms with Gasteiger partial charge in [0.1, 0.15) is 0 Å². The van der Waals surface area contributed by atoms with E-state index in [2.05, 4.69) is 125 Å². The van der Waals surface area contributed by atoms with Crippen LogP contribution >= 0.6 is 0 Å². The summed E-state index contributed by atoms with van der Waals surface area (Å²) < 4.78 is 28.5. The summed E-state index contributed by atoms with van der Waals surface area (Å²) in [6.07, 6.45) is 4.32. The highest BCUT2D eigenvalue weighted by molar-refractivity contribution is 6.59. The summed E-state index contributed by atoms with van der Waals surface area (Å²) >= 11 is 0. The van der Waals surface area contributed by atoms with E-state index in [4.69, 9.17) is 0 Å². The van der Waals surface area contributed by atoms with E-state index in [1.807, 2.05) is 0 Å². The van der Waals surface area contributed by atoms with Crippen molar-refractivity contribution in [1.29, 1.82) is 0 Å². The third-order valence-corrected chi connectivity index (χ3v) is 7.33.